The van der Waals surface area contributed by atoms with Crippen LogP contribution >= 0.6 is 11.3 Å². The molecule has 0 saturated carbocycles. The maximum absolute atomic E-state index is 11.2. The molecule has 3 N–H and O–H groups in total. The number of hydrogen-bond acceptors (Lipinski definition) is 4. The minimum atomic E-state index is -0.450. The van der Waals surface area contributed by atoms with Crippen molar-refractivity contribution in [2.45, 2.75) is 13.0 Å². The molecule has 0 aliphatic heterocycles. The largest absolute Gasteiger partial charge is 0.495 e. The summed E-state index contributed by atoms with van der Waals surface area (Å²) in [6, 6.07) is 7.30. The van der Waals surface area contributed by atoms with Crippen molar-refractivity contribution in [1.29, 1.82) is 0 Å². The SMILES string of the molecule is COc1ccc(C(N)=O)cc1NC(C)c1ccsc1. The molecule has 4 nitrogen and oxygen atoms in total. The van der Waals surface area contributed by atoms with E-state index < -0.39 is 5.91 Å². The van der Waals surface area contributed by atoms with Crippen molar-refractivity contribution in [3.63, 3.8) is 0 Å². The molecule has 2 aromatic rings. The molecule has 0 aliphatic carbocycles. The molecule has 1 aromatic carbocycles. The number of nitrogens with two attached hydrogens (primary N) is 1. The summed E-state index contributed by atoms with van der Waals surface area (Å²) in [6.45, 7) is 2.05. The van der Waals surface area contributed by atoms with Crippen LogP contribution in [0.2, 0.25) is 0 Å². The molecule has 19 heavy (non-hydrogen) atoms. The lowest BCUT2D eigenvalue weighted by molar-refractivity contribution is 0.100. The van der Waals surface area contributed by atoms with Gasteiger partial charge in [0.05, 0.1) is 12.8 Å². The van der Waals surface area contributed by atoms with Crippen molar-refractivity contribution in [2.75, 3.05) is 12.4 Å². The normalized spacial score (nSPS) is 11.9. The van der Waals surface area contributed by atoms with Crippen LogP contribution in [0, 0.1) is 0 Å². The Labute approximate surface area is 116 Å². The fourth-order valence-electron chi connectivity index (χ4n) is 1.81. The Kier molecular flexibility index (Phi) is 4.06. The quantitative estimate of drug-likeness (QED) is 0.882. The van der Waals surface area contributed by atoms with Gasteiger partial charge in [0.1, 0.15) is 5.75 Å². The van der Waals surface area contributed by atoms with Crippen LogP contribution in [0.15, 0.2) is 35.0 Å². The van der Waals surface area contributed by atoms with E-state index in [1.165, 1.54) is 5.56 Å². The highest BCUT2D eigenvalue weighted by atomic mass is 32.1. The van der Waals surface area contributed by atoms with Gasteiger partial charge in [-0.3, -0.25) is 4.79 Å². The summed E-state index contributed by atoms with van der Waals surface area (Å²) in [6.07, 6.45) is 0. The van der Waals surface area contributed by atoms with Crippen molar-refractivity contribution in [2.24, 2.45) is 5.73 Å². The van der Waals surface area contributed by atoms with Crippen LogP contribution in [-0.2, 0) is 0 Å². The van der Waals surface area contributed by atoms with Gasteiger partial charge in [-0.1, -0.05) is 0 Å². The molecule has 0 radical (unpaired) electrons. The average molecular weight is 276 g/mol. The van der Waals surface area contributed by atoms with E-state index in [0.717, 1.165) is 5.69 Å². The lowest BCUT2D eigenvalue weighted by Gasteiger charge is -2.17. The fourth-order valence-corrected chi connectivity index (χ4v) is 2.57. The number of methoxy groups -OCH3 is 1. The molecule has 1 unspecified atom stereocenters. The van der Waals surface area contributed by atoms with E-state index >= 15 is 0 Å². The number of thiophene rings is 1. The summed E-state index contributed by atoms with van der Waals surface area (Å²) in [5.41, 5.74) is 7.71. The second-order valence-corrected chi connectivity index (χ2v) is 4.98. The predicted octanol–water partition coefficient (Wildman–Crippen LogP) is 3.03. The number of carbonyl (C=O) groups is 1. The Morgan fingerprint density at radius 1 is 1.42 bits per heavy atom. The summed E-state index contributed by atoms with van der Waals surface area (Å²) in [5, 5.41) is 7.45. The van der Waals surface area contributed by atoms with E-state index in [2.05, 4.69) is 23.7 Å². The maximum Gasteiger partial charge on any atom is 0.248 e. The third-order valence-electron chi connectivity index (χ3n) is 2.90. The van der Waals surface area contributed by atoms with Crippen LogP contribution in [0.3, 0.4) is 0 Å². The number of nitrogens with one attached hydrogen (secondary N) is 1. The van der Waals surface area contributed by atoms with Crippen LogP contribution in [0.4, 0.5) is 5.69 Å². The first kappa shape index (κ1) is 13.4. The molecule has 2 rings (SSSR count). The highest BCUT2D eigenvalue weighted by Crippen LogP contribution is 2.29. The van der Waals surface area contributed by atoms with Crippen molar-refractivity contribution in [1.82, 2.24) is 0 Å². The molecule has 0 fully saturated rings. The molecule has 0 aliphatic rings. The number of hydrogen-bond donors (Lipinski definition) is 2. The maximum atomic E-state index is 11.2. The number of anilines is 1. The van der Waals surface area contributed by atoms with E-state index in [1.54, 1.807) is 36.6 Å². The third kappa shape index (κ3) is 3.06. The summed E-state index contributed by atoms with van der Waals surface area (Å²) in [5.74, 6) is 0.237. The van der Waals surface area contributed by atoms with E-state index in [-0.39, 0.29) is 6.04 Å². The van der Waals surface area contributed by atoms with Crippen LogP contribution in [0.5, 0.6) is 5.75 Å². The predicted molar refractivity (Wildman–Crippen MR) is 77.9 cm³/mol. The summed E-state index contributed by atoms with van der Waals surface area (Å²) in [7, 11) is 1.60. The van der Waals surface area contributed by atoms with Gasteiger partial charge in [-0.15, -0.1) is 0 Å². The van der Waals surface area contributed by atoms with Crippen LogP contribution < -0.4 is 15.8 Å². The molecule has 0 spiro atoms. The summed E-state index contributed by atoms with van der Waals surface area (Å²) in [4.78, 5) is 11.2. The van der Waals surface area contributed by atoms with Crippen LogP contribution in [-0.4, -0.2) is 13.0 Å². The monoisotopic (exact) mass is 276 g/mol. The number of benzene rings is 1. The van der Waals surface area contributed by atoms with Crippen molar-refractivity contribution < 1.29 is 9.53 Å². The van der Waals surface area contributed by atoms with Gasteiger partial charge < -0.3 is 15.8 Å². The van der Waals surface area contributed by atoms with E-state index in [0.29, 0.717) is 11.3 Å². The van der Waals surface area contributed by atoms with Crippen LogP contribution in [0.1, 0.15) is 28.9 Å². The van der Waals surface area contributed by atoms with Gasteiger partial charge in [-0.2, -0.15) is 11.3 Å². The highest BCUT2D eigenvalue weighted by Gasteiger charge is 2.11. The minimum absolute atomic E-state index is 0.128. The van der Waals surface area contributed by atoms with Gasteiger partial charge in [0.2, 0.25) is 5.91 Å². The molecule has 0 bridgehead atoms. The Morgan fingerprint density at radius 3 is 2.79 bits per heavy atom. The highest BCUT2D eigenvalue weighted by molar-refractivity contribution is 7.07. The summed E-state index contributed by atoms with van der Waals surface area (Å²) < 4.78 is 5.29. The Hall–Kier alpha value is -2.01. The Bertz CT molecular complexity index is 567. The molecule has 0 saturated heterocycles. The lowest BCUT2D eigenvalue weighted by Crippen LogP contribution is -2.12. The van der Waals surface area contributed by atoms with Crippen molar-refractivity contribution >= 4 is 22.9 Å². The van der Waals surface area contributed by atoms with E-state index in [9.17, 15) is 4.79 Å². The average Bonchev–Trinajstić information content (AvgIpc) is 2.92. The standard InChI is InChI=1S/C14H16N2O2S/c1-9(11-5-6-19-8-11)16-12-7-10(14(15)17)3-4-13(12)18-2/h3-9,16H,1-2H3,(H2,15,17). The molecule has 5 heteroatoms. The molecular formula is C14H16N2O2S. The number of carbonyl (C=O) groups excluding carboxylic acids is 1. The first-order valence-electron chi connectivity index (χ1n) is 5.88. The molecule has 1 atom stereocenters. The molecule has 1 aromatic heterocycles. The second-order valence-electron chi connectivity index (χ2n) is 4.20. The molecule has 1 amide bonds. The van der Waals surface area contributed by atoms with Gasteiger partial charge in [0.15, 0.2) is 0 Å². The second kappa shape index (κ2) is 5.75. The topological polar surface area (TPSA) is 64.3 Å². The number of primary amides is 1. The van der Waals surface area contributed by atoms with Gasteiger partial charge in [-0.05, 0) is 47.5 Å². The zero-order chi connectivity index (χ0) is 13.8. The third-order valence-corrected chi connectivity index (χ3v) is 3.60. The first-order valence-corrected chi connectivity index (χ1v) is 6.82. The molecule has 100 valence electrons. The Morgan fingerprint density at radius 2 is 2.21 bits per heavy atom. The smallest absolute Gasteiger partial charge is 0.248 e. The van der Waals surface area contributed by atoms with Gasteiger partial charge in [0, 0.05) is 11.6 Å². The zero-order valence-corrected chi connectivity index (χ0v) is 11.7. The number of rotatable bonds is 5. The number of ether oxygens (including phenoxy) is 1. The number of amides is 1. The molecule has 1 heterocycles. The van der Waals surface area contributed by atoms with Crippen molar-refractivity contribution in [3.05, 3.63) is 46.2 Å². The molecular weight excluding hydrogens is 260 g/mol. The first-order chi connectivity index (χ1) is 9.11. The summed E-state index contributed by atoms with van der Waals surface area (Å²) >= 11 is 1.65. The van der Waals surface area contributed by atoms with Crippen molar-refractivity contribution in [3.8, 4) is 5.75 Å². The minimum Gasteiger partial charge on any atom is -0.495 e. The van der Waals surface area contributed by atoms with E-state index in [1.807, 2.05) is 5.38 Å². The fraction of sp³-hybridized carbons (Fsp3) is 0.214. The van der Waals surface area contributed by atoms with Gasteiger partial charge in [0.25, 0.3) is 0 Å². The van der Waals surface area contributed by atoms with Gasteiger partial charge >= 0.3 is 0 Å². The lowest BCUT2D eigenvalue weighted by atomic mass is 10.1. The van der Waals surface area contributed by atoms with Crippen LogP contribution in [0.25, 0.3) is 0 Å². The van der Waals surface area contributed by atoms with Gasteiger partial charge in [-0.25, -0.2) is 0 Å². The Balaban J connectivity index is 2.27. The van der Waals surface area contributed by atoms with E-state index in [4.69, 9.17) is 10.5 Å². The zero-order valence-electron chi connectivity index (χ0n) is 10.8.